The Labute approximate surface area is 144 Å². The van der Waals surface area contributed by atoms with Crippen LogP contribution in [0.5, 0.6) is 0 Å². The zero-order valence-electron chi connectivity index (χ0n) is 14.7. The fraction of sp³-hybridized carbons (Fsp3) is 0.611. The van der Waals surface area contributed by atoms with E-state index in [4.69, 9.17) is 4.74 Å². The molecule has 0 heterocycles. The molecule has 0 aliphatic heterocycles. The van der Waals surface area contributed by atoms with Crippen LogP contribution in [0.15, 0.2) is 29.3 Å². The number of ether oxygens (including phenoxy) is 1. The topological polar surface area (TPSA) is 65.9 Å². The first-order valence-electron chi connectivity index (χ1n) is 8.70. The van der Waals surface area contributed by atoms with Crippen LogP contribution in [0.2, 0.25) is 0 Å². The second-order valence-electron chi connectivity index (χ2n) is 5.53. The molecule has 5 nitrogen and oxygen atoms in total. The second kappa shape index (κ2) is 12.7. The highest BCUT2D eigenvalue weighted by Crippen LogP contribution is 2.13. The highest BCUT2D eigenvalue weighted by molar-refractivity contribution is 5.79. The van der Waals surface area contributed by atoms with E-state index >= 15 is 0 Å². The molecule has 0 saturated carbocycles. The van der Waals surface area contributed by atoms with E-state index in [1.807, 2.05) is 6.92 Å². The Balaban J connectivity index is 2.34. The van der Waals surface area contributed by atoms with Gasteiger partial charge in [0, 0.05) is 26.3 Å². The van der Waals surface area contributed by atoms with Gasteiger partial charge in [-0.2, -0.15) is 0 Å². The Hall–Kier alpha value is -1.66. The van der Waals surface area contributed by atoms with E-state index < -0.39 is 6.10 Å². The van der Waals surface area contributed by atoms with Crippen molar-refractivity contribution >= 4 is 5.96 Å². The summed E-state index contributed by atoms with van der Waals surface area (Å²) in [5, 5.41) is 16.5. The average molecular weight is 339 g/mol. The third kappa shape index (κ3) is 8.84. The lowest BCUT2D eigenvalue weighted by atomic mass is 10.1. The molecule has 136 valence electrons. The molecule has 0 saturated heterocycles. The summed E-state index contributed by atoms with van der Waals surface area (Å²) in [6, 6.07) is 5.82. The summed E-state index contributed by atoms with van der Waals surface area (Å²) >= 11 is 0. The quantitative estimate of drug-likeness (QED) is 0.329. The summed E-state index contributed by atoms with van der Waals surface area (Å²) in [4.78, 5) is 4.37. The zero-order valence-corrected chi connectivity index (χ0v) is 14.7. The molecular formula is C18H30FN3O2. The Morgan fingerprint density at radius 3 is 2.54 bits per heavy atom. The lowest BCUT2D eigenvalue weighted by molar-refractivity contribution is 0.129. The van der Waals surface area contributed by atoms with Crippen LogP contribution in [0.25, 0.3) is 0 Å². The van der Waals surface area contributed by atoms with Gasteiger partial charge in [0.15, 0.2) is 5.96 Å². The third-order valence-corrected chi connectivity index (χ3v) is 3.42. The van der Waals surface area contributed by atoms with Crippen LogP contribution in [-0.2, 0) is 4.74 Å². The van der Waals surface area contributed by atoms with Gasteiger partial charge in [-0.15, -0.1) is 0 Å². The first-order chi connectivity index (χ1) is 11.7. The van der Waals surface area contributed by atoms with Gasteiger partial charge in [0.1, 0.15) is 5.82 Å². The standard InChI is InChI=1S/C18H30FN3O2/c1-3-5-12-24-13-6-11-21-18(20-4-2)22-14-17(23)15-7-9-16(19)10-8-15/h7-10,17,23H,3-6,11-14H2,1-2H3,(H2,20,21,22). The Morgan fingerprint density at radius 1 is 1.17 bits per heavy atom. The predicted molar refractivity (Wildman–Crippen MR) is 95.7 cm³/mol. The number of unbranched alkanes of at least 4 members (excludes halogenated alkanes) is 1. The maximum atomic E-state index is 12.9. The van der Waals surface area contributed by atoms with Crippen molar-refractivity contribution < 1.29 is 14.2 Å². The fourth-order valence-corrected chi connectivity index (χ4v) is 2.04. The number of nitrogens with zero attached hydrogens (tertiary/aromatic N) is 1. The van der Waals surface area contributed by atoms with Crippen molar-refractivity contribution in [1.82, 2.24) is 10.6 Å². The number of rotatable bonds is 11. The Kier molecular flexibility index (Phi) is 10.8. The summed E-state index contributed by atoms with van der Waals surface area (Å²) in [7, 11) is 0. The summed E-state index contributed by atoms with van der Waals surface area (Å²) in [5.74, 6) is 0.345. The first kappa shape index (κ1) is 20.4. The van der Waals surface area contributed by atoms with Crippen LogP contribution in [0.4, 0.5) is 4.39 Å². The van der Waals surface area contributed by atoms with Crippen LogP contribution >= 0.6 is 0 Å². The molecule has 0 aliphatic carbocycles. The van der Waals surface area contributed by atoms with E-state index in [1.54, 1.807) is 12.1 Å². The molecule has 6 heteroatoms. The number of hydrogen-bond acceptors (Lipinski definition) is 3. The van der Waals surface area contributed by atoms with E-state index in [-0.39, 0.29) is 12.4 Å². The summed E-state index contributed by atoms with van der Waals surface area (Å²) < 4.78 is 18.4. The minimum atomic E-state index is -0.751. The highest BCUT2D eigenvalue weighted by Gasteiger charge is 2.07. The number of halogens is 1. The van der Waals surface area contributed by atoms with Crippen LogP contribution in [0.3, 0.4) is 0 Å². The van der Waals surface area contributed by atoms with Crippen molar-refractivity contribution in [3.63, 3.8) is 0 Å². The normalized spacial score (nSPS) is 12.9. The van der Waals surface area contributed by atoms with Gasteiger partial charge in [-0.3, -0.25) is 4.99 Å². The van der Waals surface area contributed by atoms with E-state index in [0.717, 1.165) is 45.6 Å². The Morgan fingerprint density at radius 2 is 1.88 bits per heavy atom. The molecule has 1 aromatic carbocycles. The maximum Gasteiger partial charge on any atom is 0.191 e. The van der Waals surface area contributed by atoms with Gasteiger partial charge in [0.25, 0.3) is 0 Å². The lowest BCUT2D eigenvalue weighted by Crippen LogP contribution is -2.38. The molecule has 0 amide bonds. The van der Waals surface area contributed by atoms with Crippen molar-refractivity contribution in [2.24, 2.45) is 4.99 Å². The molecule has 0 aromatic heterocycles. The number of nitrogens with one attached hydrogen (secondary N) is 2. The van der Waals surface area contributed by atoms with Crippen molar-refractivity contribution in [1.29, 1.82) is 0 Å². The van der Waals surface area contributed by atoms with Gasteiger partial charge in [-0.25, -0.2) is 4.39 Å². The van der Waals surface area contributed by atoms with Gasteiger partial charge in [-0.05, 0) is 37.5 Å². The van der Waals surface area contributed by atoms with Crippen molar-refractivity contribution in [3.8, 4) is 0 Å². The number of hydrogen-bond donors (Lipinski definition) is 3. The average Bonchev–Trinajstić information content (AvgIpc) is 2.59. The molecule has 0 bridgehead atoms. The van der Waals surface area contributed by atoms with Crippen LogP contribution in [0.1, 0.15) is 44.8 Å². The predicted octanol–water partition coefficient (Wildman–Crippen LogP) is 2.62. The number of benzene rings is 1. The number of aliphatic imine (C=N–C) groups is 1. The summed E-state index contributed by atoms with van der Waals surface area (Å²) in [5.41, 5.74) is 0.653. The van der Waals surface area contributed by atoms with Crippen LogP contribution in [-0.4, -0.2) is 43.9 Å². The fourth-order valence-electron chi connectivity index (χ4n) is 2.04. The van der Waals surface area contributed by atoms with Gasteiger partial charge >= 0.3 is 0 Å². The number of aliphatic hydroxyl groups excluding tert-OH is 1. The van der Waals surface area contributed by atoms with Gasteiger partial charge in [0.2, 0.25) is 0 Å². The minimum Gasteiger partial charge on any atom is -0.386 e. The molecule has 0 spiro atoms. The van der Waals surface area contributed by atoms with E-state index in [0.29, 0.717) is 11.5 Å². The second-order valence-corrected chi connectivity index (χ2v) is 5.53. The molecule has 1 atom stereocenters. The van der Waals surface area contributed by atoms with E-state index in [1.165, 1.54) is 12.1 Å². The molecule has 24 heavy (non-hydrogen) atoms. The molecule has 1 aromatic rings. The highest BCUT2D eigenvalue weighted by atomic mass is 19.1. The SMILES string of the molecule is CCCCOCCCNC(=NCC(O)c1ccc(F)cc1)NCC. The summed E-state index contributed by atoms with van der Waals surface area (Å²) in [6.07, 6.45) is 2.39. The molecule has 0 fully saturated rings. The van der Waals surface area contributed by atoms with Crippen LogP contribution in [0, 0.1) is 5.82 Å². The molecule has 0 aliphatic rings. The number of guanidine groups is 1. The third-order valence-electron chi connectivity index (χ3n) is 3.42. The van der Waals surface area contributed by atoms with Gasteiger partial charge < -0.3 is 20.5 Å². The first-order valence-corrected chi connectivity index (χ1v) is 8.70. The molecule has 0 radical (unpaired) electrons. The van der Waals surface area contributed by atoms with Crippen molar-refractivity contribution in [2.75, 3.05) is 32.8 Å². The zero-order chi connectivity index (χ0) is 17.6. The monoisotopic (exact) mass is 339 g/mol. The van der Waals surface area contributed by atoms with Crippen molar-refractivity contribution in [2.45, 2.75) is 39.2 Å². The Bertz CT molecular complexity index is 466. The minimum absolute atomic E-state index is 0.216. The summed E-state index contributed by atoms with van der Waals surface area (Å²) in [6.45, 7) is 7.38. The van der Waals surface area contributed by atoms with Crippen LogP contribution < -0.4 is 10.6 Å². The molecule has 1 rings (SSSR count). The largest absolute Gasteiger partial charge is 0.386 e. The van der Waals surface area contributed by atoms with Gasteiger partial charge in [-0.1, -0.05) is 25.5 Å². The maximum absolute atomic E-state index is 12.9. The van der Waals surface area contributed by atoms with E-state index in [9.17, 15) is 9.50 Å². The van der Waals surface area contributed by atoms with Gasteiger partial charge in [0.05, 0.1) is 12.6 Å². The molecular weight excluding hydrogens is 309 g/mol. The lowest BCUT2D eigenvalue weighted by Gasteiger charge is -2.13. The molecule has 3 N–H and O–H groups in total. The van der Waals surface area contributed by atoms with Crippen molar-refractivity contribution in [3.05, 3.63) is 35.6 Å². The smallest absolute Gasteiger partial charge is 0.191 e. The molecule has 1 unspecified atom stereocenters. The van der Waals surface area contributed by atoms with E-state index in [2.05, 4.69) is 22.5 Å². The number of aliphatic hydroxyl groups is 1.